The van der Waals surface area contributed by atoms with Crippen molar-refractivity contribution in [2.75, 3.05) is 25.0 Å². The van der Waals surface area contributed by atoms with Crippen molar-refractivity contribution in [2.45, 2.75) is 37.6 Å². The van der Waals surface area contributed by atoms with E-state index in [0.29, 0.717) is 38.2 Å². The largest absolute Gasteiger partial charge is 0.494 e. The highest BCUT2D eigenvalue weighted by Crippen LogP contribution is 2.22. The summed E-state index contributed by atoms with van der Waals surface area (Å²) in [5, 5.41) is 5.56. The predicted molar refractivity (Wildman–Crippen MR) is 127 cm³/mol. The number of hydrogen-bond donors (Lipinski definition) is 2. The lowest BCUT2D eigenvalue weighted by atomic mass is 10.1. The Kier molecular flexibility index (Phi) is 8.24. The Morgan fingerprint density at radius 3 is 2.27 bits per heavy atom. The average Bonchev–Trinajstić information content (AvgIpc) is 2.79. The topological polar surface area (TPSA) is 105 Å². The molecule has 1 aliphatic rings. The van der Waals surface area contributed by atoms with Crippen LogP contribution in [0.15, 0.2) is 59.5 Å². The predicted octanol–water partition coefficient (Wildman–Crippen LogP) is 3.03. The number of carbonyl (C=O) groups is 2. The minimum Gasteiger partial charge on any atom is -0.494 e. The lowest BCUT2D eigenvalue weighted by Crippen LogP contribution is -2.46. The number of ether oxygens (including phenoxy) is 1. The smallest absolute Gasteiger partial charge is 0.244 e. The van der Waals surface area contributed by atoms with E-state index >= 15 is 0 Å². The van der Waals surface area contributed by atoms with Gasteiger partial charge in [0.05, 0.1) is 11.5 Å². The van der Waals surface area contributed by atoms with Crippen LogP contribution in [0.4, 0.5) is 5.69 Å². The van der Waals surface area contributed by atoms with Crippen LogP contribution in [-0.2, 0) is 19.6 Å². The Labute approximate surface area is 194 Å². The maximum absolute atomic E-state index is 12.9. The molecule has 176 valence electrons. The zero-order valence-electron chi connectivity index (χ0n) is 18.8. The lowest BCUT2D eigenvalue weighted by Gasteiger charge is -2.31. The molecule has 1 saturated heterocycles. The van der Waals surface area contributed by atoms with Crippen LogP contribution in [0.2, 0.25) is 0 Å². The fraction of sp³-hybridized carbons (Fsp3) is 0.333. The van der Waals surface area contributed by atoms with E-state index < -0.39 is 10.0 Å². The summed E-state index contributed by atoms with van der Waals surface area (Å²) >= 11 is 0. The van der Waals surface area contributed by atoms with Crippen molar-refractivity contribution in [2.24, 2.45) is 0 Å². The number of rotatable bonds is 8. The number of benzene rings is 2. The molecule has 0 bridgehead atoms. The van der Waals surface area contributed by atoms with Gasteiger partial charge in [-0.05, 0) is 67.8 Å². The molecule has 8 nitrogen and oxygen atoms in total. The summed E-state index contributed by atoms with van der Waals surface area (Å²) in [7, 11) is -3.63. The molecule has 3 rings (SSSR count). The highest BCUT2D eigenvalue weighted by molar-refractivity contribution is 7.89. The monoisotopic (exact) mass is 471 g/mol. The van der Waals surface area contributed by atoms with E-state index in [2.05, 4.69) is 10.6 Å². The number of piperidine rings is 1. The standard InChI is InChI=1S/C24H29N3O5S/c1-3-32-22-9-4-19(5-10-22)6-13-24(29)26-21-14-16-27(17-15-21)33(30,31)23-11-7-20(8-12-23)25-18(2)28/h4-13,21H,3,14-17H2,1-2H3,(H,25,28)(H,26,29)/b13-6+. The third-order valence-electron chi connectivity index (χ3n) is 5.23. The molecule has 1 aliphatic heterocycles. The van der Waals surface area contributed by atoms with Gasteiger partial charge in [-0.3, -0.25) is 9.59 Å². The summed E-state index contributed by atoms with van der Waals surface area (Å²) in [5.41, 5.74) is 1.43. The molecule has 2 N–H and O–H groups in total. The van der Waals surface area contributed by atoms with Gasteiger partial charge in [-0.15, -0.1) is 0 Å². The molecule has 2 amide bonds. The summed E-state index contributed by atoms with van der Waals surface area (Å²) in [6, 6.07) is 13.5. The number of nitrogens with zero attached hydrogens (tertiary/aromatic N) is 1. The van der Waals surface area contributed by atoms with E-state index in [4.69, 9.17) is 4.74 Å². The van der Waals surface area contributed by atoms with Gasteiger partial charge in [-0.1, -0.05) is 12.1 Å². The second-order valence-corrected chi connectivity index (χ2v) is 9.67. The van der Waals surface area contributed by atoms with Crippen LogP contribution in [-0.4, -0.2) is 50.3 Å². The van der Waals surface area contributed by atoms with Crippen LogP contribution < -0.4 is 15.4 Å². The highest BCUT2D eigenvalue weighted by atomic mass is 32.2. The van der Waals surface area contributed by atoms with Crippen molar-refractivity contribution in [3.05, 3.63) is 60.2 Å². The second-order valence-electron chi connectivity index (χ2n) is 7.73. The molecule has 9 heteroatoms. The fourth-order valence-electron chi connectivity index (χ4n) is 3.57. The molecule has 0 radical (unpaired) electrons. The molecular formula is C24H29N3O5S. The molecule has 0 spiro atoms. The molecule has 0 unspecified atom stereocenters. The Morgan fingerprint density at radius 1 is 1.06 bits per heavy atom. The summed E-state index contributed by atoms with van der Waals surface area (Å²) < 4.78 is 32.6. The Morgan fingerprint density at radius 2 is 1.70 bits per heavy atom. The summed E-state index contributed by atoms with van der Waals surface area (Å²) in [4.78, 5) is 23.6. The maximum atomic E-state index is 12.9. The molecular weight excluding hydrogens is 442 g/mol. The van der Waals surface area contributed by atoms with Crippen LogP contribution in [0.1, 0.15) is 32.3 Å². The molecule has 0 aromatic heterocycles. The highest BCUT2D eigenvalue weighted by Gasteiger charge is 2.29. The molecule has 1 heterocycles. The summed E-state index contributed by atoms with van der Waals surface area (Å²) in [5.74, 6) is 0.354. The average molecular weight is 472 g/mol. The number of hydrogen-bond acceptors (Lipinski definition) is 5. The van der Waals surface area contributed by atoms with Gasteiger partial charge in [0.15, 0.2) is 0 Å². The third kappa shape index (κ3) is 6.90. The minimum atomic E-state index is -3.63. The van der Waals surface area contributed by atoms with E-state index in [0.717, 1.165) is 11.3 Å². The molecule has 2 aromatic rings. The second kappa shape index (κ2) is 11.1. The van der Waals surface area contributed by atoms with Crippen molar-refractivity contribution in [1.82, 2.24) is 9.62 Å². The first kappa shape index (κ1) is 24.5. The van der Waals surface area contributed by atoms with E-state index in [1.807, 2.05) is 31.2 Å². The summed E-state index contributed by atoms with van der Waals surface area (Å²) in [6.45, 7) is 4.56. The molecule has 0 atom stereocenters. The zero-order valence-corrected chi connectivity index (χ0v) is 19.6. The van der Waals surface area contributed by atoms with Crippen LogP contribution in [0.5, 0.6) is 5.75 Å². The van der Waals surface area contributed by atoms with Crippen LogP contribution in [0, 0.1) is 0 Å². The number of anilines is 1. The van der Waals surface area contributed by atoms with E-state index in [1.165, 1.54) is 29.4 Å². The molecule has 0 aliphatic carbocycles. The van der Waals surface area contributed by atoms with Gasteiger partial charge >= 0.3 is 0 Å². The van der Waals surface area contributed by atoms with Crippen LogP contribution >= 0.6 is 0 Å². The Balaban J connectivity index is 1.50. The molecule has 0 saturated carbocycles. The Hall–Kier alpha value is -3.17. The van der Waals surface area contributed by atoms with Gasteiger partial charge in [0.2, 0.25) is 21.8 Å². The number of amides is 2. The van der Waals surface area contributed by atoms with Gasteiger partial charge in [0, 0.05) is 37.8 Å². The van der Waals surface area contributed by atoms with E-state index in [9.17, 15) is 18.0 Å². The van der Waals surface area contributed by atoms with Gasteiger partial charge in [-0.25, -0.2) is 8.42 Å². The van der Waals surface area contributed by atoms with Crippen molar-refractivity contribution in [3.8, 4) is 5.75 Å². The van der Waals surface area contributed by atoms with E-state index in [-0.39, 0.29) is 22.8 Å². The van der Waals surface area contributed by atoms with E-state index in [1.54, 1.807) is 18.2 Å². The fourth-order valence-corrected chi connectivity index (χ4v) is 5.04. The van der Waals surface area contributed by atoms with Crippen LogP contribution in [0.3, 0.4) is 0 Å². The third-order valence-corrected chi connectivity index (χ3v) is 7.14. The van der Waals surface area contributed by atoms with Crippen molar-refractivity contribution in [3.63, 3.8) is 0 Å². The number of carbonyl (C=O) groups excluding carboxylic acids is 2. The van der Waals surface area contributed by atoms with Crippen molar-refractivity contribution in [1.29, 1.82) is 0 Å². The van der Waals surface area contributed by atoms with Gasteiger partial charge in [0.25, 0.3) is 0 Å². The minimum absolute atomic E-state index is 0.0870. The molecule has 33 heavy (non-hydrogen) atoms. The number of sulfonamides is 1. The van der Waals surface area contributed by atoms with Crippen LogP contribution in [0.25, 0.3) is 6.08 Å². The number of nitrogens with one attached hydrogen (secondary N) is 2. The molecule has 2 aromatic carbocycles. The first-order valence-electron chi connectivity index (χ1n) is 10.9. The van der Waals surface area contributed by atoms with Gasteiger partial charge in [-0.2, -0.15) is 4.31 Å². The van der Waals surface area contributed by atoms with Gasteiger partial charge in [0.1, 0.15) is 5.75 Å². The van der Waals surface area contributed by atoms with Crippen molar-refractivity contribution >= 4 is 33.6 Å². The Bertz CT molecular complexity index is 1090. The van der Waals surface area contributed by atoms with Crippen molar-refractivity contribution < 1.29 is 22.7 Å². The quantitative estimate of drug-likeness (QED) is 0.576. The van der Waals surface area contributed by atoms with Gasteiger partial charge < -0.3 is 15.4 Å². The SMILES string of the molecule is CCOc1ccc(/C=C/C(=O)NC2CCN(S(=O)(=O)c3ccc(NC(C)=O)cc3)CC2)cc1. The first-order valence-corrected chi connectivity index (χ1v) is 12.3. The first-order chi connectivity index (χ1) is 15.8. The normalized spacial score (nSPS) is 15.3. The lowest BCUT2D eigenvalue weighted by molar-refractivity contribution is -0.117. The summed E-state index contributed by atoms with van der Waals surface area (Å²) in [6.07, 6.45) is 4.28. The zero-order chi connectivity index (χ0) is 23.8. The molecule has 1 fully saturated rings. The maximum Gasteiger partial charge on any atom is 0.244 e.